The number of halogens is 1. The number of rotatable bonds is 2. The number of esters is 1. The molecular weight excluding hydrogens is 258 g/mol. The molecule has 18 heavy (non-hydrogen) atoms. The summed E-state index contributed by atoms with van der Waals surface area (Å²) >= 11 is 5.36. The van der Waals surface area contributed by atoms with Crippen molar-refractivity contribution in [2.24, 2.45) is 5.92 Å². The van der Waals surface area contributed by atoms with Crippen molar-refractivity contribution in [1.82, 2.24) is 4.90 Å². The molecular formula is C12H20ClNO4. The number of nitrogens with zero attached hydrogens (tertiary/aromatic N) is 1. The maximum absolute atomic E-state index is 11.9. The smallest absolute Gasteiger partial charge is 0.410 e. The first-order chi connectivity index (χ1) is 8.26. The van der Waals surface area contributed by atoms with Gasteiger partial charge in [-0.2, -0.15) is 0 Å². The van der Waals surface area contributed by atoms with Crippen molar-refractivity contribution in [3.8, 4) is 0 Å². The molecule has 1 heterocycles. The fourth-order valence-electron chi connectivity index (χ4n) is 1.99. The summed E-state index contributed by atoms with van der Waals surface area (Å²) in [7, 11) is 0. The summed E-state index contributed by atoms with van der Waals surface area (Å²) in [5.41, 5.74) is -0.536. The van der Waals surface area contributed by atoms with E-state index in [9.17, 15) is 9.59 Å². The minimum Gasteiger partial charge on any atom is -0.449 e. The van der Waals surface area contributed by atoms with Crippen molar-refractivity contribution >= 4 is 23.7 Å². The molecule has 1 fully saturated rings. The van der Waals surface area contributed by atoms with E-state index in [2.05, 4.69) is 0 Å². The number of carbonyl (C=O) groups is 2. The average molecular weight is 278 g/mol. The van der Waals surface area contributed by atoms with Gasteiger partial charge in [0.15, 0.2) is 6.07 Å². The predicted octanol–water partition coefficient (Wildman–Crippen LogP) is 2.37. The zero-order valence-electron chi connectivity index (χ0n) is 11.2. The Bertz CT molecular complexity index is 327. The molecule has 0 aromatic rings. The fraction of sp³-hybridized carbons (Fsp3) is 0.833. The number of amides is 1. The van der Waals surface area contributed by atoms with Crippen molar-refractivity contribution in [1.29, 1.82) is 0 Å². The molecule has 5 nitrogen and oxygen atoms in total. The summed E-state index contributed by atoms with van der Waals surface area (Å²) in [6.07, 6.45) is 0.187. The quantitative estimate of drug-likeness (QED) is 0.574. The van der Waals surface area contributed by atoms with E-state index in [1.165, 1.54) is 0 Å². The van der Waals surface area contributed by atoms with Gasteiger partial charge in [-0.3, -0.25) is 4.79 Å². The topological polar surface area (TPSA) is 55.8 Å². The largest absolute Gasteiger partial charge is 0.449 e. The lowest BCUT2D eigenvalue weighted by atomic mass is 10.0. The number of ether oxygens (including phenoxy) is 2. The van der Waals surface area contributed by atoms with Crippen molar-refractivity contribution in [3.63, 3.8) is 0 Å². The molecule has 0 spiro atoms. The average Bonchev–Trinajstić information content (AvgIpc) is 2.57. The fourth-order valence-corrected chi connectivity index (χ4v) is 2.10. The second-order valence-corrected chi connectivity index (χ2v) is 5.60. The van der Waals surface area contributed by atoms with Crippen LogP contribution in [0.1, 0.15) is 34.1 Å². The minimum atomic E-state index is -0.536. The maximum Gasteiger partial charge on any atom is 0.410 e. The third-order valence-electron chi connectivity index (χ3n) is 2.88. The molecule has 0 radical (unpaired) electrons. The maximum atomic E-state index is 11.9. The molecule has 1 rings (SSSR count). The van der Waals surface area contributed by atoms with Gasteiger partial charge >= 0.3 is 12.1 Å². The normalized spacial score (nSPS) is 23.9. The molecule has 0 aromatic heterocycles. The van der Waals surface area contributed by atoms with Crippen molar-refractivity contribution in [2.45, 2.75) is 45.8 Å². The molecule has 1 amide bonds. The molecule has 1 saturated heterocycles. The van der Waals surface area contributed by atoms with Gasteiger partial charge in [-0.15, -0.1) is 0 Å². The van der Waals surface area contributed by atoms with Crippen LogP contribution in [0.2, 0.25) is 0 Å². The summed E-state index contributed by atoms with van der Waals surface area (Å²) in [5, 5.41) is 0. The van der Waals surface area contributed by atoms with Gasteiger partial charge in [-0.25, -0.2) is 4.79 Å². The Morgan fingerprint density at radius 3 is 2.50 bits per heavy atom. The molecule has 0 N–H and O–H groups in total. The Morgan fingerprint density at radius 2 is 2.00 bits per heavy atom. The van der Waals surface area contributed by atoms with Gasteiger partial charge in [-0.05, 0) is 34.1 Å². The van der Waals surface area contributed by atoms with Crippen LogP contribution in [0.15, 0.2) is 0 Å². The Morgan fingerprint density at radius 1 is 1.39 bits per heavy atom. The lowest BCUT2D eigenvalue weighted by Gasteiger charge is -2.28. The van der Waals surface area contributed by atoms with Crippen molar-refractivity contribution in [3.05, 3.63) is 0 Å². The highest BCUT2D eigenvalue weighted by Gasteiger charge is 2.40. The van der Waals surface area contributed by atoms with Crippen LogP contribution >= 0.6 is 11.6 Å². The standard InChI is InChI=1S/C12H20ClNO4/c1-8-9(10(15)17-7-13)5-6-14(8)11(16)18-12(2,3)4/h8-9H,5-7H2,1-4H3. The zero-order chi connectivity index (χ0) is 13.9. The van der Waals surface area contributed by atoms with Gasteiger partial charge in [0.25, 0.3) is 0 Å². The number of hydrogen-bond donors (Lipinski definition) is 0. The number of hydrogen-bond acceptors (Lipinski definition) is 4. The lowest BCUT2D eigenvalue weighted by Crippen LogP contribution is -2.41. The minimum absolute atomic E-state index is 0.158. The molecule has 0 aromatic carbocycles. The molecule has 0 bridgehead atoms. The molecule has 0 aliphatic carbocycles. The van der Waals surface area contributed by atoms with Crippen LogP contribution in [0.3, 0.4) is 0 Å². The van der Waals surface area contributed by atoms with E-state index < -0.39 is 11.7 Å². The molecule has 1 aliphatic heterocycles. The van der Waals surface area contributed by atoms with Gasteiger partial charge < -0.3 is 14.4 Å². The van der Waals surface area contributed by atoms with E-state index in [1.54, 1.807) is 4.90 Å². The second kappa shape index (κ2) is 5.78. The number of carbonyl (C=O) groups excluding carboxylic acids is 2. The van der Waals surface area contributed by atoms with E-state index in [0.29, 0.717) is 13.0 Å². The number of alkyl halides is 1. The molecule has 0 saturated carbocycles. The van der Waals surface area contributed by atoms with E-state index in [-0.39, 0.29) is 24.0 Å². The van der Waals surface area contributed by atoms with Crippen LogP contribution in [0, 0.1) is 5.92 Å². The summed E-state index contributed by atoms with van der Waals surface area (Å²) in [6.45, 7) is 7.75. The molecule has 104 valence electrons. The third kappa shape index (κ3) is 3.77. The second-order valence-electron chi connectivity index (χ2n) is 5.38. The van der Waals surface area contributed by atoms with Crippen LogP contribution in [0.4, 0.5) is 4.79 Å². The third-order valence-corrected chi connectivity index (χ3v) is 2.99. The summed E-state index contributed by atoms with van der Waals surface area (Å²) in [5.74, 6) is -0.681. The van der Waals surface area contributed by atoms with Crippen LogP contribution in [0.5, 0.6) is 0 Å². The first kappa shape index (κ1) is 15.1. The Labute approximate surface area is 112 Å². The Balaban J connectivity index is 2.61. The first-order valence-corrected chi connectivity index (χ1v) is 6.52. The predicted molar refractivity (Wildman–Crippen MR) is 67.3 cm³/mol. The van der Waals surface area contributed by atoms with E-state index in [0.717, 1.165) is 0 Å². The van der Waals surface area contributed by atoms with Crippen molar-refractivity contribution < 1.29 is 19.1 Å². The van der Waals surface area contributed by atoms with Crippen molar-refractivity contribution in [2.75, 3.05) is 12.6 Å². The molecule has 1 aliphatic rings. The van der Waals surface area contributed by atoms with E-state index in [4.69, 9.17) is 21.1 Å². The lowest BCUT2D eigenvalue weighted by molar-refractivity contribution is -0.146. The highest BCUT2D eigenvalue weighted by molar-refractivity contribution is 6.17. The molecule has 2 unspecified atom stereocenters. The van der Waals surface area contributed by atoms with Gasteiger partial charge in [0.1, 0.15) is 5.60 Å². The van der Waals surface area contributed by atoms with Gasteiger partial charge in [0, 0.05) is 12.6 Å². The molecule has 2 atom stereocenters. The summed E-state index contributed by atoms with van der Waals surface area (Å²) < 4.78 is 10.1. The zero-order valence-corrected chi connectivity index (χ0v) is 12.0. The van der Waals surface area contributed by atoms with Crippen LogP contribution in [-0.2, 0) is 14.3 Å². The Kier molecular flexibility index (Phi) is 4.85. The number of likely N-dealkylation sites (tertiary alicyclic amines) is 1. The highest BCUT2D eigenvalue weighted by Crippen LogP contribution is 2.27. The first-order valence-electron chi connectivity index (χ1n) is 5.98. The summed E-state index contributed by atoms with van der Waals surface area (Å²) in [4.78, 5) is 25.1. The van der Waals surface area contributed by atoms with Gasteiger partial charge in [0.2, 0.25) is 0 Å². The summed E-state index contributed by atoms with van der Waals surface area (Å²) in [6, 6.07) is -0.385. The monoisotopic (exact) mass is 277 g/mol. The van der Waals surface area contributed by atoms with Gasteiger partial charge in [-0.1, -0.05) is 11.6 Å². The Hall–Kier alpha value is -0.970. The molecule has 6 heteroatoms. The SMILES string of the molecule is CC1C(C(=O)OCCl)CCN1C(=O)OC(C)(C)C. The van der Waals surface area contributed by atoms with Gasteiger partial charge in [0.05, 0.1) is 5.92 Å². The van der Waals surface area contributed by atoms with E-state index in [1.807, 2.05) is 27.7 Å². The van der Waals surface area contributed by atoms with Crippen LogP contribution < -0.4 is 0 Å². The van der Waals surface area contributed by atoms with Crippen LogP contribution in [0.25, 0.3) is 0 Å². The van der Waals surface area contributed by atoms with Crippen LogP contribution in [-0.4, -0.2) is 41.2 Å². The van der Waals surface area contributed by atoms with E-state index >= 15 is 0 Å². The highest BCUT2D eigenvalue weighted by atomic mass is 35.5.